The number of carboxylic acid groups (broad SMARTS) is 1. The number of hydrogen-bond donors (Lipinski definition) is 1. The number of sulfonamides is 1. The Bertz CT molecular complexity index is 673. The highest BCUT2D eigenvalue weighted by Gasteiger charge is 2.37. The zero-order valence-corrected chi connectivity index (χ0v) is 13.6. The maximum atomic E-state index is 12.7. The van der Waals surface area contributed by atoms with Crippen LogP contribution >= 0.6 is 0 Å². The van der Waals surface area contributed by atoms with Crippen molar-refractivity contribution in [2.75, 3.05) is 6.54 Å². The van der Waals surface area contributed by atoms with E-state index >= 15 is 0 Å². The molecule has 1 aromatic rings. The van der Waals surface area contributed by atoms with E-state index in [4.69, 9.17) is 0 Å². The molecule has 0 spiro atoms. The minimum atomic E-state index is -3.57. The molecule has 0 aromatic heterocycles. The molecule has 120 valence electrons. The van der Waals surface area contributed by atoms with Crippen molar-refractivity contribution in [2.24, 2.45) is 0 Å². The molecule has 2 rings (SSSR count). The maximum absolute atomic E-state index is 12.7. The number of aliphatic carboxylic acids is 1. The van der Waals surface area contributed by atoms with Gasteiger partial charge in [-0.25, -0.2) is 8.42 Å². The fourth-order valence-corrected chi connectivity index (χ4v) is 3.89. The molecule has 1 fully saturated rings. The molecule has 22 heavy (non-hydrogen) atoms. The molecule has 1 aliphatic carbocycles. The number of nitrogens with zero attached hydrogens (tertiary/aromatic N) is 1. The van der Waals surface area contributed by atoms with Crippen LogP contribution in [0.1, 0.15) is 32.3 Å². The summed E-state index contributed by atoms with van der Waals surface area (Å²) in [4.78, 5) is 11.4. The predicted octanol–water partition coefficient (Wildman–Crippen LogP) is 2.39. The van der Waals surface area contributed by atoms with Crippen molar-refractivity contribution in [1.82, 2.24) is 4.31 Å². The van der Waals surface area contributed by atoms with E-state index in [1.165, 1.54) is 16.4 Å². The summed E-state index contributed by atoms with van der Waals surface area (Å²) in [6.07, 6.45) is 3.33. The van der Waals surface area contributed by atoms with Crippen LogP contribution in [0.15, 0.2) is 41.8 Å². The summed E-state index contributed by atoms with van der Waals surface area (Å²) < 4.78 is 26.8. The Morgan fingerprint density at radius 3 is 2.32 bits per heavy atom. The minimum Gasteiger partial charge on any atom is -0.481 e. The van der Waals surface area contributed by atoms with Gasteiger partial charge in [0.15, 0.2) is 0 Å². The Balaban J connectivity index is 2.33. The van der Waals surface area contributed by atoms with Gasteiger partial charge in [0.1, 0.15) is 0 Å². The van der Waals surface area contributed by atoms with E-state index in [1.807, 2.05) is 0 Å². The molecule has 0 atom stereocenters. The lowest BCUT2D eigenvalue weighted by molar-refractivity contribution is -0.142. The van der Waals surface area contributed by atoms with Crippen LogP contribution in [-0.4, -0.2) is 36.4 Å². The van der Waals surface area contributed by atoms with Crippen molar-refractivity contribution >= 4 is 16.0 Å². The molecule has 0 unspecified atom stereocenters. The molecule has 1 saturated carbocycles. The summed E-state index contributed by atoms with van der Waals surface area (Å²) in [5.41, 5.74) is -0.486. The van der Waals surface area contributed by atoms with Gasteiger partial charge in [-0.15, -0.1) is 6.58 Å². The van der Waals surface area contributed by atoms with Crippen LogP contribution in [-0.2, 0) is 20.2 Å². The minimum absolute atomic E-state index is 0.0538. The molecule has 1 aliphatic rings. The Hall–Kier alpha value is -1.66. The molecule has 0 amide bonds. The smallest absolute Gasteiger partial charge is 0.313 e. The van der Waals surface area contributed by atoms with E-state index in [-0.39, 0.29) is 17.5 Å². The number of carboxylic acids is 1. The molecule has 0 heterocycles. The van der Waals surface area contributed by atoms with Crippen LogP contribution in [0.2, 0.25) is 0 Å². The highest BCUT2D eigenvalue weighted by Crippen LogP contribution is 2.32. The fraction of sp³-hybridized carbons (Fsp3) is 0.438. The van der Waals surface area contributed by atoms with Gasteiger partial charge in [-0.05, 0) is 44.4 Å². The predicted molar refractivity (Wildman–Crippen MR) is 84.2 cm³/mol. The van der Waals surface area contributed by atoms with Crippen molar-refractivity contribution < 1.29 is 18.3 Å². The van der Waals surface area contributed by atoms with Crippen molar-refractivity contribution in [2.45, 2.75) is 43.0 Å². The number of rotatable bonds is 7. The summed E-state index contributed by atoms with van der Waals surface area (Å²) >= 11 is 0. The topological polar surface area (TPSA) is 74.7 Å². The first-order valence-corrected chi connectivity index (χ1v) is 8.62. The molecule has 1 aromatic carbocycles. The largest absolute Gasteiger partial charge is 0.481 e. The first-order valence-electron chi connectivity index (χ1n) is 7.18. The third kappa shape index (κ3) is 3.08. The van der Waals surface area contributed by atoms with E-state index in [9.17, 15) is 18.3 Å². The zero-order valence-electron chi connectivity index (χ0n) is 12.8. The molecular weight excluding hydrogens is 302 g/mol. The normalized spacial score (nSPS) is 15.8. The van der Waals surface area contributed by atoms with Gasteiger partial charge in [0.2, 0.25) is 10.0 Å². The van der Waals surface area contributed by atoms with E-state index in [2.05, 4.69) is 6.58 Å². The number of hydrogen-bond acceptors (Lipinski definition) is 3. The van der Waals surface area contributed by atoms with Gasteiger partial charge in [0.25, 0.3) is 0 Å². The van der Waals surface area contributed by atoms with Crippen molar-refractivity contribution in [1.29, 1.82) is 0 Å². The summed E-state index contributed by atoms with van der Waals surface area (Å²) in [6.45, 7) is 7.08. The van der Waals surface area contributed by atoms with Gasteiger partial charge in [-0.3, -0.25) is 4.79 Å². The summed E-state index contributed by atoms with van der Waals surface area (Å²) in [7, 11) is -3.57. The Kier molecular flexibility index (Phi) is 4.44. The summed E-state index contributed by atoms with van der Waals surface area (Å²) in [5.74, 6) is -0.950. The Morgan fingerprint density at radius 2 is 1.91 bits per heavy atom. The van der Waals surface area contributed by atoms with Crippen molar-refractivity contribution in [3.8, 4) is 0 Å². The molecule has 0 saturated heterocycles. The Morgan fingerprint density at radius 1 is 1.36 bits per heavy atom. The van der Waals surface area contributed by atoms with E-state index in [0.29, 0.717) is 5.56 Å². The van der Waals surface area contributed by atoms with Crippen LogP contribution in [0.5, 0.6) is 0 Å². The van der Waals surface area contributed by atoms with E-state index in [0.717, 1.165) is 12.8 Å². The molecule has 6 heteroatoms. The average molecular weight is 323 g/mol. The lowest BCUT2D eigenvalue weighted by Crippen LogP contribution is -2.33. The fourth-order valence-electron chi connectivity index (χ4n) is 2.24. The standard InChI is InChI=1S/C16H21NO4S/c1-4-11-17(13-7-8-13)22(20,21)14-9-5-12(6-10-14)16(2,3)15(18)19/h4-6,9-10,13H,1,7-8,11H2,2-3H3,(H,18,19). The number of benzene rings is 1. The van der Waals surface area contributed by atoms with Gasteiger partial charge in [0, 0.05) is 12.6 Å². The van der Waals surface area contributed by atoms with Gasteiger partial charge in [-0.2, -0.15) is 4.31 Å². The third-order valence-corrected chi connectivity index (χ3v) is 5.91. The second-order valence-corrected chi connectivity index (χ2v) is 7.94. The summed E-state index contributed by atoms with van der Waals surface area (Å²) in [6, 6.07) is 6.15. The quantitative estimate of drug-likeness (QED) is 0.782. The Labute approximate surface area is 131 Å². The van der Waals surface area contributed by atoms with Crippen LogP contribution < -0.4 is 0 Å². The third-order valence-electron chi connectivity index (χ3n) is 3.98. The average Bonchev–Trinajstić information content (AvgIpc) is 3.29. The second kappa shape index (κ2) is 5.85. The summed E-state index contributed by atoms with van der Waals surface area (Å²) in [5, 5.41) is 9.23. The van der Waals surface area contributed by atoms with Gasteiger partial charge in [0.05, 0.1) is 10.3 Å². The SMILES string of the molecule is C=CCN(C1CC1)S(=O)(=O)c1ccc(C(C)(C)C(=O)O)cc1. The van der Waals surface area contributed by atoms with Gasteiger partial charge < -0.3 is 5.11 Å². The zero-order chi connectivity index (χ0) is 16.5. The monoisotopic (exact) mass is 323 g/mol. The van der Waals surface area contributed by atoms with Crippen molar-refractivity contribution in [3.63, 3.8) is 0 Å². The van der Waals surface area contributed by atoms with Crippen LogP contribution in [0.4, 0.5) is 0 Å². The molecule has 0 aliphatic heterocycles. The lowest BCUT2D eigenvalue weighted by Gasteiger charge is -2.22. The molecule has 1 N–H and O–H groups in total. The van der Waals surface area contributed by atoms with Crippen LogP contribution in [0.25, 0.3) is 0 Å². The lowest BCUT2D eigenvalue weighted by atomic mass is 9.85. The second-order valence-electron chi connectivity index (χ2n) is 6.05. The molecule has 0 radical (unpaired) electrons. The van der Waals surface area contributed by atoms with Crippen molar-refractivity contribution in [3.05, 3.63) is 42.5 Å². The maximum Gasteiger partial charge on any atom is 0.313 e. The van der Waals surface area contributed by atoms with Gasteiger partial charge in [-0.1, -0.05) is 18.2 Å². The molecular formula is C16H21NO4S. The first-order chi connectivity index (χ1) is 10.2. The van der Waals surface area contributed by atoms with Gasteiger partial charge >= 0.3 is 5.97 Å². The highest BCUT2D eigenvalue weighted by atomic mass is 32.2. The number of carbonyl (C=O) groups is 1. The van der Waals surface area contributed by atoms with E-state index < -0.39 is 21.4 Å². The first kappa shape index (κ1) is 16.7. The van der Waals surface area contributed by atoms with Crippen LogP contribution in [0.3, 0.4) is 0 Å². The van der Waals surface area contributed by atoms with E-state index in [1.54, 1.807) is 32.1 Å². The molecule has 5 nitrogen and oxygen atoms in total. The van der Waals surface area contributed by atoms with Crippen LogP contribution in [0, 0.1) is 0 Å². The highest BCUT2D eigenvalue weighted by molar-refractivity contribution is 7.89. The molecule has 0 bridgehead atoms.